The molecule has 88 valence electrons. The van der Waals surface area contributed by atoms with Gasteiger partial charge in [0.1, 0.15) is 23.4 Å². The maximum atomic E-state index is 11.1. The van der Waals surface area contributed by atoms with E-state index >= 15 is 0 Å². The minimum Gasteiger partial charge on any atom is -0.478 e. The second-order valence-electron chi connectivity index (χ2n) is 3.15. The molecular weight excluding hydrogens is 248 g/mol. The number of nitriles is 5. The van der Waals surface area contributed by atoms with Crippen LogP contribution in [0.4, 0.5) is 0 Å². The summed E-state index contributed by atoms with van der Waals surface area (Å²) >= 11 is 0. The maximum absolute atomic E-state index is 11.1. The van der Waals surface area contributed by atoms with Crippen molar-refractivity contribution in [3.63, 3.8) is 0 Å². The summed E-state index contributed by atoms with van der Waals surface area (Å²) in [5.74, 6) is -1.61. The zero-order valence-electron chi connectivity index (χ0n) is 9.12. The Morgan fingerprint density at radius 3 is 2.05 bits per heavy atom. The van der Waals surface area contributed by atoms with Crippen molar-refractivity contribution in [3.8, 4) is 30.5 Å². The van der Waals surface area contributed by atoms with Crippen LogP contribution >= 0.6 is 0 Å². The molecule has 0 aromatic carbocycles. The van der Waals surface area contributed by atoms with E-state index in [1.54, 1.807) is 6.07 Å². The second-order valence-corrected chi connectivity index (χ2v) is 3.15. The van der Waals surface area contributed by atoms with Crippen molar-refractivity contribution in [2.24, 2.45) is 0 Å². The summed E-state index contributed by atoms with van der Waals surface area (Å²) in [4.78, 5) is 11.6. The molecule has 0 radical (unpaired) electrons. The number of nitrogens with zero attached hydrogens (tertiary/aromatic N) is 6. The van der Waals surface area contributed by atoms with Gasteiger partial charge in [-0.3, -0.25) is 0 Å². The van der Waals surface area contributed by atoms with E-state index in [4.69, 9.17) is 31.4 Å². The third-order valence-electron chi connectivity index (χ3n) is 2.31. The number of carboxylic acid groups (broad SMARTS) is 1. The first-order chi connectivity index (χ1) is 9.06. The van der Waals surface area contributed by atoms with Crippen molar-refractivity contribution >= 4 is 5.97 Å². The molecule has 1 heterocycles. The lowest BCUT2D eigenvalue weighted by atomic mass is 9.90. The Morgan fingerprint density at radius 1 is 1.11 bits per heavy atom. The van der Waals surface area contributed by atoms with Gasteiger partial charge in [-0.15, -0.1) is 0 Å². The van der Waals surface area contributed by atoms with Gasteiger partial charge in [-0.25, -0.2) is 9.69 Å². The van der Waals surface area contributed by atoms with Gasteiger partial charge in [0.05, 0.1) is 23.3 Å². The molecule has 0 bridgehead atoms. The van der Waals surface area contributed by atoms with Crippen LogP contribution in [-0.2, 0) is 4.79 Å². The molecule has 0 spiro atoms. The zero-order valence-corrected chi connectivity index (χ0v) is 9.12. The number of carbonyl (C=O) groups is 1. The van der Waals surface area contributed by atoms with Crippen LogP contribution in [0.3, 0.4) is 0 Å². The number of allylic oxidation sites excluding steroid dienone is 1. The topological polar surface area (TPSA) is 159 Å². The Morgan fingerprint density at radius 2 is 1.74 bits per heavy atom. The summed E-state index contributed by atoms with van der Waals surface area (Å²) in [6.07, 6.45) is 1.50. The summed E-state index contributed by atoms with van der Waals surface area (Å²) in [5.41, 5.74) is -2.45. The standard InChI is InChI=1S/C11H2N6O2/c12-1-6-8(3-14)17(5-16)9(4-15)7(2-13)10(6)11(18)19/h8H,(H,18,19). The van der Waals surface area contributed by atoms with Crippen LogP contribution < -0.4 is 0 Å². The molecule has 1 unspecified atom stereocenters. The van der Waals surface area contributed by atoms with Crippen LogP contribution in [0.15, 0.2) is 22.4 Å². The lowest BCUT2D eigenvalue weighted by molar-refractivity contribution is -0.132. The molecule has 1 rings (SSSR count). The zero-order chi connectivity index (χ0) is 14.6. The molecule has 1 N–H and O–H groups in total. The van der Waals surface area contributed by atoms with Gasteiger partial charge in [0.15, 0.2) is 12.2 Å². The summed E-state index contributed by atoms with van der Waals surface area (Å²) in [7, 11) is 0. The summed E-state index contributed by atoms with van der Waals surface area (Å²) < 4.78 is 0. The fourth-order valence-electron chi connectivity index (χ4n) is 1.56. The molecule has 0 fully saturated rings. The van der Waals surface area contributed by atoms with Gasteiger partial charge in [0.25, 0.3) is 0 Å². The van der Waals surface area contributed by atoms with Crippen LogP contribution in [0.1, 0.15) is 0 Å². The van der Waals surface area contributed by atoms with E-state index in [0.717, 1.165) is 0 Å². The van der Waals surface area contributed by atoms with Crippen LogP contribution in [0.2, 0.25) is 0 Å². The Kier molecular flexibility index (Phi) is 3.51. The monoisotopic (exact) mass is 250 g/mol. The number of rotatable bonds is 1. The predicted molar refractivity (Wildman–Crippen MR) is 55.4 cm³/mol. The highest BCUT2D eigenvalue weighted by atomic mass is 16.4. The van der Waals surface area contributed by atoms with E-state index in [1.165, 1.54) is 24.4 Å². The molecule has 0 amide bonds. The Labute approximate surface area is 107 Å². The largest absolute Gasteiger partial charge is 0.478 e. The van der Waals surface area contributed by atoms with Gasteiger partial charge >= 0.3 is 5.97 Å². The van der Waals surface area contributed by atoms with Crippen molar-refractivity contribution < 1.29 is 9.90 Å². The normalized spacial score (nSPS) is 17.6. The van der Waals surface area contributed by atoms with Crippen molar-refractivity contribution in [2.45, 2.75) is 6.04 Å². The number of aliphatic carboxylic acids is 1. The molecule has 8 nitrogen and oxygen atoms in total. The van der Waals surface area contributed by atoms with Gasteiger partial charge in [0, 0.05) is 0 Å². The first-order valence-corrected chi connectivity index (χ1v) is 4.58. The number of hydrogen-bond acceptors (Lipinski definition) is 7. The maximum Gasteiger partial charge on any atom is 0.338 e. The summed E-state index contributed by atoms with van der Waals surface area (Å²) in [6, 6.07) is 4.51. The first-order valence-electron chi connectivity index (χ1n) is 4.58. The van der Waals surface area contributed by atoms with Gasteiger partial charge in [0.2, 0.25) is 0 Å². The molecule has 0 aliphatic carbocycles. The average Bonchev–Trinajstić information content (AvgIpc) is 2.43. The van der Waals surface area contributed by atoms with Crippen molar-refractivity contribution in [3.05, 3.63) is 22.4 Å². The smallest absolute Gasteiger partial charge is 0.338 e. The molecule has 0 aromatic heterocycles. The van der Waals surface area contributed by atoms with E-state index in [1.807, 2.05) is 0 Å². The SMILES string of the molecule is N#CC1=C(C#N)N(C#N)C(C#N)C(C#N)=C1C(=O)O. The van der Waals surface area contributed by atoms with Crippen LogP contribution in [0.5, 0.6) is 0 Å². The van der Waals surface area contributed by atoms with Crippen molar-refractivity contribution in [1.82, 2.24) is 4.90 Å². The molecule has 1 atom stereocenters. The Hall–Kier alpha value is -3.80. The lowest BCUT2D eigenvalue weighted by Crippen LogP contribution is -2.36. The molecule has 0 aromatic rings. The van der Waals surface area contributed by atoms with Crippen LogP contribution in [0, 0.1) is 56.8 Å². The highest BCUT2D eigenvalue weighted by Gasteiger charge is 2.39. The highest BCUT2D eigenvalue weighted by Crippen LogP contribution is 2.31. The molecular formula is C11H2N6O2. The number of carboxylic acids is 1. The fraction of sp³-hybridized carbons (Fsp3) is 0.0909. The van der Waals surface area contributed by atoms with Crippen LogP contribution in [-0.4, -0.2) is 22.0 Å². The van der Waals surface area contributed by atoms with E-state index in [9.17, 15) is 4.79 Å². The fourth-order valence-corrected chi connectivity index (χ4v) is 1.56. The van der Waals surface area contributed by atoms with Crippen molar-refractivity contribution in [2.75, 3.05) is 0 Å². The van der Waals surface area contributed by atoms with Crippen LogP contribution in [0.25, 0.3) is 0 Å². The van der Waals surface area contributed by atoms with Gasteiger partial charge < -0.3 is 5.11 Å². The van der Waals surface area contributed by atoms with Gasteiger partial charge in [-0.2, -0.15) is 26.3 Å². The third kappa shape index (κ3) is 1.81. The highest BCUT2D eigenvalue weighted by molar-refractivity contribution is 5.97. The predicted octanol–water partition coefficient (Wildman–Crippen LogP) is -0.119. The van der Waals surface area contributed by atoms with Gasteiger partial charge in [-0.1, -0.05) is 0 Å². The van der Waals surface area contributed by atoms with E-state index < -0.39 is 34.4 Å². The minimum absolute atomic E-state index is 0.545. The first kappa shape index (κ1) is 13.3. The van der Waals surface area contributed by atoms with E-state index in [-0.39, 0.29) is 0 Å². The quantitative estimate of drug-likeness (QED) is 0.630. The molecule has 19 heavy (non-hydrogen) atoms. The van der Waals surface area contributed by atoms with E-state index in [0.29, 0.717) is 4.90 Å². The third-order valence-corrected chi connectivity index (χ3v) is 2.31. The minimum atomic E-state index is -1.61. The Balaban J connectivity index is 3.86. The summed E-state index contributed by atoms with van der Waals surface area (Å²) in [6.45, 7) is 0. The van der Waals surface area contributed by atoms with Gasteiger partial charge in [-0.05, 0) is 0 Å². The number of hydrogen-bond donors (Lipinski definition) is 1. The van der Waals surface area contributed by atoms with Crippen molar-refractivity contribution in [1.29, 1.82) is 26.3 Å². The average molecular weight is 250 g/mol. The second kappa shape index (κ2) is 5.02. The van der Waals surface area contributed by atoms with E-state index in [2.05, 4.69) is 0 Å². The Bertz CT molecular complexity index is 726. The molecule has 0 saturated carbocycles. The molecule has 1 aliphatic heterocycles. The molecule has 1 aliphatic rings. The molecule has 0 saturated heterocycles. The molecule has 8 heteroatoms. The summed E-state index contributed by atoms with van der Waals surface area (Å²) in [5, 5.41) is 53.6. The lowest BCUT2D eigenvalue weighted by Gasteiger charge is -2.25.